The van der Waals surface area contributed by atoms with E-state index in [1.165, 1.54) is 17.5 Å². The zero-order valence-corrected chi connectivity index (χ0v) is 13.5. The lowest BCUT2D eigenvalue weighted by atomic mass is 9.86. The Morgan fingerprint density at radius 1 is 1.16 bits per heavy atom. The summed E-state index contributed by atoms with van der Waals surface area (Å²) in [6.45, 7) is 11.2. The Bertz CT molecular complexity index is 362. The number of benzene rings is 1. The number of nitrogens with one attached hydrogen (secondary N) is 1. The second-order valence-electron chi connectivity index (χ2n) is 6.48. The van der Waals surface area contributed by atoms with E-state index < -0.39 is 0 Å². The van der Waals surface area contributed by atoms with Crippen molar-refractivity contribution in [2.75, 3.05) is 27.2 Å². The minimum atomic E-state index is 0.229. The molecule has 0 heterocycles. The van der Waals surface area contributed by atoms with Gasteiger partial charge in [0.1, 0.15) is 0 Å². The molecule has 1 aromatic rings. The number of nitrogens with zero attached hydrogens (tertiary/aromatic N) is 1. The fourth-order valence-corrected chi connectivity index (χ4v) is 2.36. The van der Waals surface area contributed by atoms with Gasteiger partial charge in [-0.25, -0.2) is 0 Å². The van der Waals surface area contributed by atoms with Crippen molar-refractivity contribution in [2.45, 2.75) is 45.6 Å². The van der Waals surface area contributed by atoms with Crippen LogP contribution in [0.15, 0.2) is 24.3 Å². The van der Waals surface area contributed by atoms with Crippen molar-refractivity contribution >= 4 is 0 Å². The van der Waals surface area contributed by atoms with Crippen LogP contribution in [0.4, 0.5) is 0 Å². The molecule has 1 N–H and O–H groups in total. The highest BCUT2D eigenvalue weighted by atomic mass is 15.1. The van der Waals surface area contributed by atoms with Gasteiger partial charge >= 0.3 is 0 Å². The maximum absolute atomic E-state index is 3.42. The molecule has 0 radical (unpaired) electrons. The van der Waals surface area contributed by atoms with Crippen molar-refractivity contribution in [1.82, 2.24) is 10.2 Å². The Labute approximate surface area is 119 Å². The van der Waals surface area contributed by atoms with Gasteiger partial charge in [0, 0.05) is 12.6 Å². The highest BCUT2D eigenvalue weighted by Crippen LogP contribution is 2.24. The minimum Gasteiger partial charge on any atom is -0.312 e. The van der Waals surface area contributed by atoms with Crippen molar-refractivity contribution in [3.63, 3.8) is 0 Å². The molecule has 0 aliphatic carbocycles. The maximum atomic E-state index is 3.42. The van der Waals surface area contributed by atoms with Crippen molar-refractivity contribution in [3.8, 4) is 0 Å². The number of hydrogen-bond donors (Lipinski definition) is 1. The van der Waals surface area contributed by atoms with E-state index >= 15 is 0 Å². The quantitative estimate of drug-likeness (QED) is 0.843. The minimum absolute atomic E-state index is 0.229. The molecule has 0 aliphatic rings. The topological polar surface area (TPSA) is 15.3 Å². The maximum Gasteiger partial charge on any atom is 0.0446 e. The molecule has 1 atom stereocenters. The molecule has 1 rings (SSSR count). The summed E-state index contributed by atoms with van der Waals surface area (Å²) in [6, 6.07) is 9.47. The van der Waals surface area contributed by atoms with Crippen LogP contribution < -0.4 is 5.32 Å². The summed E-state index contributed by atoms with van der Waals surface area (Å²) in [5, 5.41) is 3.42. The van der Waals surface area contributed by atoms with Crippen molar-refractivity contribution < 1.29 is 0 Å². The molecule has 0 bridgehead atoms. The normalized spacial score (nSPS) is 13.8. The first-order valence-corrected chi connectivity index (χ1v) is 7.34. The van der Waals surface area contributed by atoms with Gasteiger partial charge in [0.2, 0.25) is 0 Å². The summed E-state index contributed by atoms with van der Waals surface area (Å²) >= 11 is 0. The summed E-state index contributed by atoms with van der Waals surface area (Å²) in [7, 11) is 4.24. The lowest BCUT2D eigenvalue weighted by molar-refractivity contribution is 0.297. The van der Waals surface area contributed by atoms with Gasteiger partial charge in [-0.3, -0.25) is 0 Å². The highest BCUT2D eigenvalue weighted by Gasteiger charge is 2.15. The monoisotopic (exact) mass is 262 g/mol. The van der Waals surface area contributed by atoms with E-state index in [0.717, 1.165) is 13.1 Å². The van der Waals surface area contributed by atoms with Crippen LogP contribution >= 0.6 is 0 Å². The predicted octanol–water partition coefficient (Wildman–Crippen LogP) is 3.59. The summed E-state index contributed by atoms with van der Waals surface area (Å²) in [5.41, 5.74) is 3.00. The number of rotatable bonds is 6. The van der Waals surface area contributed by atoms with Gasteiger partial charge in [0.15, 0.2) is 0 Å². The number of hydrogen-bond acceptors (Lipinski definition) is 2. The molecule has 0 aliphatic heterocycles. The predicted molar refractivity (Wildman–Crippen MR) is 84.7 cm³/mol. The molecule has 1 aromatic carbocycles. The molecule has 0 amide bonds. The lowest BCUT2D eigenvalue weighted by Gasteiger charge is -2.25. The van der Waals surface area contributed by atoms with Gasteiger partial charge in [-0.15, -0.1) is 0 Å². The fourth-order valence-electron chi connectivity index (χ4n) is 2.36. The summed E-state index contributed by atoms with van der Waals surface area (Å²) in [4.78, 5) is 2.39. The molecular weight excluding hydrogens is 232 g/mol. The van der Waals surface area contributed by atoms with Crippen molar-refractivity contribution in [3.05, 3.63) is 35.4 Å². The zero-order valence-electron chi connectivity index (χ0n) is 13.5. The van der Waals surface area contributed by atoms with E-state index in [-0.39, 0.29) is 5.41 Å². The van der Waals surface area contributed by atoms with Crippen molar-refractivity contribution in [1.29, 1.82) is 0 Å². The standard InChI is InChI=1S/C17H30N2/c1-7-12-19(6)13-16(18-5)14-8-10-15(11-9-14)17(2,3)4/h8-11,16,18H,7,12-13H2,1-6H3. The number of likely N-dealkylation sites (N-methyl/N-ethyl adjacent to an activating group) is 2. The van der Waals surface area contributed by atoms with Gasteiger partial charge in [-0.1, -0.05) is 52.0 Å². The molecule has 2 heteroatoms. The third kappa shape index (κ3) is 4.96. The van der Waals surface area contributed by atoms with Gasteiger partial charge in [0.05, 0.1) is 0 Å². The van der Waals surface area contributed by atoms with Crippen LogP contribution in [0.1, 0.15) is 51.3 Å². The average Bonchev–Trinajstić information content (AvgIpc) is 2.35. The molecule has 19 heavy (non-hydrogen) atoms. The molecule has 0 fully saturated rings. The second kappa shape index (κ2) is 7.06. The van der Waals surface area contributed by atoms with Gasteiger partial charge in [-0.05, 0) is 43.6 Å². The Morgan fingerprint density at radius 2 is 1.74 bits per heavy atom. The van der Waals surface area contributed by atoms with E-state index in [4.69, 9.17) is 0 Å². The van der Waals surface area contributed by atoms with E-state index in [9.17, 15) is 0 Å². The molecule has 0 saturated heterocycles. The van der Waals surface area contributed by atoms with Gasteiger partial charge < -0.3 is 10.2 Å². The summed E-state index contributed by atoms with van der Waals surface area (Å²) < 4.78 is 0. The first-order valence-electron chi connectivity index (χ1n) is 7.34. The van der Waals surface area contributed by atoms with Gasteiger partial charge in [-0.2, -0.15) is 0 Å². The fraction of sp³-hybridized carbons (Fsp3) is 0.647. The summed E-state index contributed by atoms with van der Waals surface area (Å²) in [5.74, 6) is 0. The smallest absolute Gasteiger partial charge is 0.0446 e. The SMILES string of the molecule is CCCN(C)CC(NC)c1ccc(C(C)(C)C)cc1. The van der Waals surface area contributed by atoms with E-state index in [1.54, 1.807) is 0 Å². The third-order valence-electron chi connectivity index (χ3n) is 3.63. The molecule has 0 saturated carbocycles. The Hall–Kier alpha value is -0.860. The van der Waals surface area contributed by atoms with Crippen LogP contribution in [0.5, 0.6) is 0 Å². The van der Waals surface area contributed by atoms with E-state index in [0.29, 0.717) is 6.04 Å². The third-order valence-corrected chi connectivity index (χ3v) is 3.63. The average molecular weight is 262 g/mol. The van der Waals surface area contributed by atoms with E-state index in [2.05, 4.69) is 69.2 Å². The first kappa shape index (κ1) is 16.2. The molecule has 1 unspecified atom stereocenters. The van der Waals surface area contributed by atoms with Crippen LogP contribution in [0, 0.1) is 0 Å². The van der Waals surface area contributed by atoms with Crippen molar-refractivity contribution in [2.24, 2.45) is 0 Å². The first-order chi connectivity index (χ1) is 8.88. The Kier molecular flexibility index (Phi) is 6.02. The van der Waals surface area contributed by atoms with Crippen LogP contribution in [0.2, 0.25) is 0 Å². The molecule has 2 nitrogen and oxygen atoms in total. The lowest BCUT2D eigenvalue weighted by Crippen LogP contribution is -2.31. The molecule has 108 valence electrons. The van der Waals surface area contributed by atoms with E-state index in [1.807, 2.05) is 7.05 Å². The Morgan fingerprint density at radius 3 is 2.16 bits per heavy atom. The largest absolute Gasteiger partial charge is 0.312 e. The summed E-state index contributed by atoms with van der Waals surface area (Å²) in [6.07, 6.45) is 1.20. The van der Waals surface area contributed by atoms with Crippen LogP contribution in [0.25, 0.3) is 0 Å². The highest BCUT2D eigenvalue weighted by molar-refractivity contribution is 5.29. The Balaban J connectivity index is 2.77. The molecule has 0 aromatic heterocycles. The molecule has 0 spiro atoms. The zero-order chi connectivity index (χ0) is 14.5. The molecular formula is C17H30N2. The van der Waals surface area contributed by atoms with Gasteiger partial charge in [0.25, 0.3) is 0 Å². The second-order valence-corrected chi connectivity index (χ2v) is 6.48. The van der Waals surface area contributed by atoms with Crippen LogP contribution in [-0.4, -0.2) is 32.1 Å². The van der Waals surface area contributed by atoms with Crippen LogP contribution in [0.3, 0.4) is 0 Å². The van der Waals surface area contributed by atoms with Crippen LogP contribution in [-0.2, 0) is 5.41 Å².